The monoisotopic (exact) mass is 536 g/mol. The molecule has 0 spiro atoms. The predicted octanol–water partition coefficient (Wildman–Crippen LogP) is 4.07. The number of halogens is 1. The third kappa shape index (κ3) is 8.79. The average molecular weight is 537 g/mol. The van der Waals surface area contributed by atoms with Crippen LogP contribution in [0.3, 0.4) is 0 Å². The van der Waals surface area contributed by atoms with E-state index < -0.39 is 0 Å². The van der Waals surface area contributed by atoms with Crippen molar-refractivity contribution in [3.63, 3.8) is 0 Å². The molecule has 1 aliphatic heterocycles. The molecular weight excluding hydrogens is 499 g/mol. The number of hydrogen-bond donors (Lipinski definition) is 2. The van der Waals surface area contributed by atoms with Gasteiger partial charge in [-0.3, -0.25) is 9.89 Å². The zero-order chi connectivity index (χ0) is 21.2. The molecule has 3 rings (SSSR count). The van der Waals surface area contributed by atoms with Gasteiger partial charge in [-0.05, 0) is 28.5 Å². The van der Waals surface area contributed by atoms with Crippen molar-refractivity contribution in [2.45, 2.75) is 33.4 Å². The van der Waals surface area contributed by atoms with Crippen LogP contribution in [-0.2, 0) is 24.2 Å². The maximum absolute atomic E-state index is 5.47. The Morgan fingerprint density at radius 2 is 1.61 bits per heavy atom. The van der Waals surface area contributed by atoms with Crippen LogP contribution in [0.1, 0.15) is 30.5 Å². The Hall–Kier alpha value is -1.64. The normalized spacial score (nSPS) is 15.3. The van der Waals surface area contributed by atoms with Gasteiger partial charge in [0.1, 0.15) is 0 Å². The van der Waals surface area contributed by atoms with E-state index in [9.17, 15) is 0 Å². The van der Waals surface area contributed by atoms with Crippen LogP contribution in [0.5, 0.6) is 0 Å². The summed E-state index contributed by atoms with van der Waals surface area (Å²) in [6.45, 7) is 10.8. The van der Waals surface area contributed by atoms with Gasteiger partial charge in [-0.15, -0.1) is 24.0 Å². The Labute approximate surface area is 204 Å². The fourth-order valence-electron chi connectivity index (χ4n) is 3.82. The molecule has 0 aliphatic carbocycles. The van der Waals surface area contributed by atoms with E-state index in [1.54, 1.807) is 0 Å². The lowest BCUT2D eigenvalue weighted by atomic mass is 9.86. The summed E-state index contributed by atoms with van der Waals surface area (Å²) in [6, 6.07) is 19.3. The summed E-state index contributed by atoms with van der Waals surface area (Å²) in [7, 11) is 1.83. The van der Waals surface area contributed by atoms with Crippen LogP contribution in [0.2, 0.25) is 0 Å². The van der Waals surface area contributed by atoms with Gasteiger partial charge in [-0.2, -0.15) is 0 Å². The molecule has 5 nitrogen and oxygen atoms in total. The minimum absolute atomic E-state index is 0. The van der Waals surface area contributed by atoms with Gasteiger partial charge in [0.2, 0.25) is 0 Å². The number of hydrogen-bond acceptors (Lipinski definition) is 3. The third-order valence-electron chi connectivity index (χ3n) is 5.55. The molecule has 1 fully saturated rings. The van der Waals surface area contributed by atoms with E-state index in [2.05, 4.69) is 89.0 Å². The molecule has 0 atom stereocenters. The van der Waals surface area contributed by atoms with Crippen molar-refractivity contribution < 1.29 is 4.74 Å². The Morgan fingerprint density at radius 3 is 2.29 bits per heavy atom. The second kappa shape index (κ2) is 13.0. The fourth-order valence-corrected chi connectivity index (χ4v) is 3.82. The van der Waals surface area contributed by atoms with E-state index in [1.165, 1.54) is 16.7 Å². The molecule has 0 saturated carbocycles. The summed E-state index contributed by atoms with van der Waals surface area (Å²) >= 11 is 0. The SMILES string of the molecule is CN=C(NCc1ccccc1CN1CCOCC1)NCC(C)(C)Cc1ccccc1.I. The summed E-state index contributed by atoms with van der Waals surface area (Å²) < 4.78 is 5.47. The van der Waals surface area contributed by atoms with E-state index >= 15 is 0 Å². The summed E-state index contributed by atoms with van der Waals surface area (Å²) in [5.74, 6) is 0.845. The Kier molecular flexibility index (Phi) is 10.8. The summed E-state index contributed by atoms with van der Waals surface area (Å²) in [4.78, 5) is 6.89. The van der Waals surface area contributed by atoms with Crippen LogP contribution >= 0.6 is 24.0 Å². The first-order valence-corrected chi connectivity index (χ1v) is 10.9. The number of benzene rings is 2. The average Bonchev–Trinajstić information content (AvgIpc) is 2.76. The molecule has 6 heteroatoms. The molecule has 0 amide bonds. The van der Waals surface area contributed by atoms with Crippen LogP contribution in [-0.4, -0.2) is 50.8 Å². The van der Waals surface area contributed by atoms with Crippen molar-refractivity contribution >= 4 is 29.9 Å². The highest BCUT2D eigenvalue weighted by atomic mass is 127. The molecule has 0 bridgehead atoms. The zero-order valence-electron chi connectivity index (χ0n) is 19.1. The van der Waals surface area contributed by atoms with Crippen molar-refractivity contribution in [3.05, 3.63) is 71.3 Å². The van der Waals surface area contributed by atoms with Crippen molar-refractivity contribution in [2.24, 2.45) is 10.4 Å². The third-order valence-corrected chi connectivity index (χ3v) is 5.55. The van der Waals surface area contributed by atoms with Gasteiger partial charge in [-0.25, -0.2) is 0 Å². The van der Waals surface area contributed by atoms with E-state index in [1.807, 2.05) is 7.05 Å². The highest BCUT2D eigenvalue weighted by Gasteiger charge is 2.19. The zero-order valence-corrected chi connectivity index (χ0v) is 21.4. The first-order chi connectivity index (χ1) is 14.6. The van der Waals surface area contributed by atoms with Gasteiger partial charge in [-0.1, -0.05) is 68.4 Å². The minimum atomic E-state index is 0. The number of ether oxygens (including phenoxy) is 1. The molecule has 0 unspecified atom stereocenters. The molecule has 2 aromatic rings. The highest BCUT2D eigenvalue weighted by Crippen LogP contribution is 2.20. The van der Waals surface area contributed by atoms with Crippen molar-refractivity contribution in [1.82, 2.24) is 15.5 Å². The van der Waals surface area contributed by atoms with Crippen molar-refractivity contribution in [3.8, 4) is 0 Å². The number of aliphatic imine (C=N–C) groups is 1. The summed E-state index contributed by atoms with van der Waals surface area (Å²) in [6.07, 6.45) is 1.03. The number of morpholine rings is 1. The molecular formula is C25H37IN4O. The quantitative estimate of drug-likeness (QED) is 0.304. The molecule has 170 valence electrons. The number of nitrogens with zero attached hydrogens (tertiary/aromatic N) is 2. The van der Waals surface area contributed by atoms with Crippen LogP contribution in [0.25, 0.3) is 0 Å². The number of guanidine groups is 1. The Bertz CT molecular complexity index is 804. The lowest BCUT2D eigenvalue weighted by Crippen LogP contribution is -2.42. The van der Waals surface area contributed by atoms with Gasteiger partial charge in [0.05, 0.1) is 13.2 Å². The molecule has 0 radical (unpaired) electrons. The fraction of sp³-hybridized carbons (Fsp3) is 0.480. The molecule has 31 heavy (non-hydrogen) atoms. The van der Waals surface area contributed by atoms with Gasteiger partial charge in [0.25, 0.3) is 0 Å². The van der Waals surface area contributed by atoms with Crippen LogP contribution in [0, 0.1) is 5.41 Å². The first-order valence-electron chi connectivity index (χ1n) is 10.9. The highest BCUT2D eigenvalue weighted by molar-refractivity contribution is 14.0. The van der Waals surface area contributed by atoms with E-state index in [0.29, 0.717) is 0 Å². The van der Waals surface area contributed by atoms with Crippen LogP contribution in [0.4, 0.5) is 0 Å². The number of nitrogens with one attached hydrogen (secondary N) is 2. The van der Waals surface area contributed by atoms with Gasteiger partial charge in [0.15, 0.2) is 5.96 Å². The van der Waals surface area contributed by atoms with Crippen LogP contribution in [0.15, 0.2) is 59.6 Å². The summed E-state index contributed by atoms with van der Waals surface area (Å²) in [5, 5.41) is 7.01. The topological polar surface area (TPSA) is 48.9 Å². The molecule has 1 saturated heterocycles. The smallest absolute Gasteiger partial charge is 0.191 e. The van der Waals surface area contributed by atoms with E-state index in [4.69, 9.17) is 4.74 Å². The van der Waals surface area contributed by atoms with Crippen molar-refractivity contribution in [1.29, 1.82) is 0 Å². The summed E-state index contributed by atoms with van der Waals surface area (Å²) in [5.41, 5.74) is 4.18. The predicted molar refractivity (Wildman–Crippen MR) is 140 cm³/mol. The second-order valence-electron chi connectivity index (χ2n) is 8.76. The maximum Gasteiger partial charge on any atom is 0.191 e. The standard InChI is InChI=1S/C25H36N4O.HI/c1-25(2,17-21-9-5-4-6-10-21)20-28-24(26-3)27-18-22-11-7-8-12-23(22)19-29-13-15-30-16-14-29;/h4-12H,13-20H2,1-3H3,(H2,26,27,28);1H. The largest absolute Gasteiger partial charge is 0.379 e. The van der Waals surface area contributed by atoms with Gasteiger partial charge >= 0.3 is 0 Å². The maximum atomic E-state index is 5.47. The van der Waals surface area contributed by atoms with Crippen molar-refractivity contribution in [2.75, 3.05) is 39.9 Å². The van der Waals surface area contributed by atoms with E-state index in [0.717, 1.165) is 58.3 Å². The molecule has 1 heterocycles. The molecule has 1 aliphatic rings. The lowest BCUT2D eigenvalue weighted by Gasteiger charge is -2.28. The van der Waals surface area contributed by atoms with Gasteiger partial charge < -0.3 is 15.4 Å². The Balaban J connectivity index is 0.00000341. The van der Waals surface area contributed by atoms with E-state index in [-0.39, 0.29) is 29.4 Å². The second-order valence-corrected chi connectivity index (χ2v) is 8.76. The van der Waals surface area contributed by atoms with Gasteiger partial charge in [0, 0.05) is 39.8 Å². The first kappa shape index (κ1) is 25.6. The molecule has 0 aromatic heterocycles. The molecule has 2 aromatic carbocycles. The number of rotatable bonds is 8. The lowest BCUT2D eigenvalue weighted by molar-refractivity contribution is 0.0341. The van der Waals surface area contributed by atoms with Crippen LogP contribution < -0.4 is 10.6 Å². The molecule has 2 N–H and O–H groups in total. The Morgan fingerprint density at radius 1 is 0.968 bits per heavy atom. The minimum Gasteiger partial charge on any atom is -0.379 e.